The van der Waals surface area contributed by atoms with E-state index in [-0.39, 0.29) is 5.91 Å². The first kappa shape index (κ1) is 12.8. The number of rotatable bonds is 3. The molecule has 1 aromatic heterocycles. The third-order valence-electron chi connectivity index (χ3n) is 3.79. The van der Waals surface area contributed by atoms with Gasteiger partial charge in [0.05, 0.1) is 6.54 Å². The number of fused-ring (bicyclic) bond motifs is 1. The van der Waals surface area contributed by atoms with Gasteiger partial charge in [0.1, 0.15) is 0 Å². The number of benzene rings is 1. The van der Waals surface area contributed by atoms with Gasteiger partial charge in [-0.15, -0.1) is 0 Å². The predicted molar refractivity (Wildman–Crippen MR) is 79.8 cm³/mol. The van der Waals surface area contributed by atoms with Gasteiger partial charge < -0.3 is 15.2 Å². The highest BCUT2D eigenvalue weighted by Gasteiger charge is 2.12. The lowest BCUT2D eigenvalue weighted by atomic mass is 10.0. The average molecular weight is 269 g/mol. The summed E-state index contributed by atoms with van der Waals surface area (Å²) in [6.07, 6.45) is 4.15. The highest BCUT2D eigenvalue weighted by molar-refractivity contribution is 5.94. The van der Waals surface area contributed by atoms with Crippen molar-refractivity contribution < 1.29 is 4.79 Å². The molecular formula is C16H19N3O. The maximum absolute atomic E-state index is 12.2. The van der Waals surface area contributed by atoms with E-state index in [0.717, 1.165) is 36.3 Å². The molecule has 1 aliphatic rings. The van der Waals surface area contributed by atoms with E-state index in [1.807, 2.05) is 48.1 Å². The molecule has 104 valence electrons. The van der Waals surface area contributed by atoms with Gasteiger partial charge in [-0.1, -0.05) is 0 Å². The molecule has 4 heteroatoms. The molecule has 0 spiro atoms. The Bertz CT molecular complexity index is 630. The number of nitrogens with zero attached hydrogens (tertiary/aromatic N) is 1. The third kappa shape index (κ3) is 2.54. The van der Waals surface area contributed by atoms with Gasteiger partial charge in [-0.05, 0) is 48.7 Å². The van der Waals surface area contributed by atoms with Crippen molar-refractivity contribution in [3.63, 3.8) is 0 Å². The van der Waals surface area contributed by atoms with Crippen LogP contribution in [-0.4, -0.2) is 17.0 Å². The van der Waals surface area contributed by atoms with Crippen molar-refractivity contribution in [3.8, 4) is 0 Å². The summed E-state index contributed by atoms with van der Waals surface area (Å²) in [6, 6.07) is 9.88. The zero-order valence-corrected chi connectivity index (χ0v) is 11.6. The quantitative estimate of drug-likeness (QED) is 0.898. The first-order valence-electron chi connectivity index (χ1n) is 6.99. The van der Waals surface area contributed by atoms with E-state index in [1.54, 1.807) is 0 Å². The Balaban J connectivity index is 1.69. The van der Waals surface area contributed by atoms with Gasteiger partial charge in [-0.3, -0.25) is 4.79 Å². The molecule has 2 heterocycles. The Morgan fingerprint density at radius 1 is 1.40 bits per heavy atom. The lowest BCUT2D eigenvalue weighted by molar-refractivity contribution is 0.0950. The molecule has 1 aromatic carbocycles. The maximum atomic E-state index is 12.2. The summed E-state index contributed by atoms with van der Waals surface area (Å²) in [5.74, 6) is -0.0143. The van der Waals surface area contributed by atoms with Crippen LogP contribution in [0.2, 0.25) is 0 Å². The second-order valence-electron chi connectivity index (χ2n) is 5.20. The highest BCUT2D eigenvalue weighted by atomic mass is 16.1. The molecule has 1 amide bonds. The summed E-state index contributed by atoms with van der Waals surface area (Å²) in [7, 11) is 1.98. The fraction of sp³-hybridized carbons (Fsp3) is 0.312. The molecule has 0 unspecified atom stereocenters. The molecule has 2 aromatic rings. The number of hydrogen-bond acceptors (Lipinski definition) is 2. The number of carbonyl (C=O) groups is 1. The lowest BCUT2D eigenvalue weighted by Crippen LogP contribution is -2.24. The minimum atomic E-state index is -0.0143. The summed E-state index contributed by atoms with van der Waals surface area (Å²) in [5, 5.41) is 6.32. The number of hydrogen-bond donors (Lipinski definition) is 2. The normalized spacial score (nSPS) is 13.4. The Kier molecular flexibility index (Phi) is 3.46. The van der Waals surface area contributed by atoms with Gasteiger partial charge in [0.15, 0.2) is 0 Å². The Hall–Kier alpha value is -2.23. The predicted octanol–water partition coefficient (Wildman–Crippen LogP) is 2.31. The summed E-state index contributed by atoms with van der Waals surface area (Å²) in [5.41, 5.74) is 4.23. The molecule has 0 aliphatic carbocycles. The van der Waals surface area contributed by atoms with E-state index < -0.39 is 0 Å². The first-order valence-corrected chi connectivity index (χ1v) is 6.99. The van der Waals surface area contributed by atoms with Crippen LogP contribution in [0.25, 0.3) is 0 Å². The van der Waals surface area contributed by atoms with Gasteiger partial charge in [0.2, 0.25) is 0 Å². The van der Waals surface area contributed by atoms with Crippen molar-refractivity contribution in [3.05, 3.63) is 53.3 Å². The smallest absolute Gasteiger partial charge is 0.251 e. The number of aromatic nitrogens is 1. The Morgan fingerprint density at radius 3 is 3.10 bits per heavy atom. The molecular weight excluding hydrogens is 250 g/mol. The summed E-state index contributed by atoms with van der Waals surface area (Å²) in [6.45, 7) is 1.57. The van der Waals surface area contributed by atoms with E-state index in [4.69, 9.17) is 0 Å². The first-order chi connectivity index (χ1) is 9.74. The fourth-order valence-corrected chi connectivity index (χ4v) is 2.57. The second kappa shape index (κ2) is 5.41. The van der Waals surface area contributed by atoms with Gasteiger partial charge >= 0.3 is 0 Å². The minimum absolute atomic E-state index is 0.0143. The van der Waals surface area contributed by atoms with Crippen LogP contribution in [0.1, 0.15) is 28.0 Å². The van der Waals surface area contributed by atoms with E-state index >= 15 is 0 Å². The van der Waals surface area contributed by atoms with Crippen molar-refractivity contribution in [2.75, 3.05) is 11.9 Å². The summed E-state index contributed by atoms with van der Waals surface area (Å²) >= 11 is 0. The number of aryl methyl sites for hydroxylation is 2. The molecule has 0 fully saturated rings. The van der Waals surface area contributed by atoms with Crippen molar-refractivity contribution in [2.24, 2.45) is 7.05 Å². The molecule has 1 aliphatic heterocycles. The molecule has 0 radical (unpaired) electrons. The number of anilines is 1. The Morgan fingerprint density at radius 2 is 2.30 bits per heavy atom. The zero-order valence-electron chi connectivity index (χ0n) is 11.6. The molecule has 0 bridgehead atoms. The molecule has 0 saturated heterocycles. The maximum Gasteiger partial charge on any atom is 0.251 e. The van der Waals surface area contributed by atoms with Gasteiger partial charge in [-0.2, -0.15) is 0 Å². The monoisotopic (exact) mass is 269 g/mol. The number of amides is 1. The molecule has 0 saturated carbocycles. The largest absolute Gasteiger partial charge is 0.385 e. The van der Waals surface area contributed by atoms with Crippen LogP contribution in [-0.2, 0) is 20.0 Å². The molecule has 4 nitrogen and oxygen atoms in total. The number of carbonyl (C=O) groups excluding carboxylic acids is 1. The standard InChI is InChI=1S/C16H19N3O/c1-19-9-3-5-14(19)11-18-16(20)13-6-7-15-12(10-13)4-2-8-17-15/h3,5-7,9-10,17H,2,4,8,11H2,1H3,(H,18,20). The third-order valence-corrected chi connectivity index (χ3v) is 3.79. The topological polar surface area (TPSA) is 46.1 Å². The summed E-state index contributed by atoms with van der Waals surface area (Å²) in [4.78, 5) is 12.2. The minimum Gasteiger partial charge on any atom is -0.385 e. The molecule has 20 heavy (non-hydrogen) atoms. The van der Waals surface area contributed by atoms with Crippen LogP contribution in [0.15, 0.2) is 36.5 Å². The average Bonchev–Trinajstić information content (AvgIpc) is 2.89. The zero-order chi connectivity index (χ0) is 13.9. The van der Waals surface area contributed by atoms with Crippen LogP contribution in [0.3, 0.4) is 0 Å². The molecule has 0 atom stereocenters. The van der Waals surface area contributed by atoms with Crippen LogP contribution in [0, 0.1) is 0 Å². The van der Waals surface area contributed by atoms with Gasteiger partial charge in [0, 0.05) is 36.7 Å². The lowest BCUT2D eigenvalue weighted by Gasteiger charge is -2.18. The van der Waals surface area contributed by atoms with Gasteiger partial charge in [-0.25, -0.2) is 0 Å². The van der Waals surface area contributed by atoms with E-state index in [0.29, 0.717) is 6.54 Å². The van der Waals surface area contributed by atoms with Crippen LogP contribution in [0.4, 0.5) is 5.69 Å². The molecule has 2 N–H and O–H groups in total. The van der Waals surface area contributed by atoms with E-state index in [1.165, 1.54) is 5.56 Å². The van der Waals surface area contributed by atoms with Crippen LogP contribution >= 0.6 is 0 Å². The van der Waals surface area contributed by atoms with Crippen molar-refractivity contribution >= 4 is 11.6 Å². The highest BCUT2D eigenvalue weighted by Crippen LogP contribution is 2.22. The second-order valence-corrected chi connectivity index (χ2v) is 5.20. The van der Waals surface area contributed by atoms with Crippen molar-refractivity contribution in [1.29, 1.82) is 0 Å². The van der Waals surface area contributed by atoms with E-state index in [2.05, 4.69) is 10.6 Å². The van der Waals surface area contributed by atoms with Gasteiger partial charge in [0.25, 0.3) is 5.91 Å². The number of nitrogens with one attached hydrogen (secondary N) is 2. The van der Waals surface area contributed by atoms with Crippen molar-refractivity contribution in [1.82, 2.24) is 9.88 Å². The van der Waals surface area contributed by atoms with Crippen LogP contribution in [0.5, 0.6) is 0 Å². The van der Waals surface area contributed by atoms with Crippen molar-refractivity contribution in [2.45, 2.75) is 19.4 Å². The van der Waals surface area contributed by atoms with Crippen LogP contribution < -0.4 is 10.6 Å². The fourth-order valence-electron chi connectivity index (χ4n) is 2.57. The van der Waals surface area contributed by atoms with E-state index in [9.17, 15) is 4.79 Å². The Labute approximate surface area is 118 Å². The SMILES string of the molecule is Cn1cccc1CNC(=O)c1ccc2c(c1)CCCN2. The molecule has 3 rings (SSSR count). The summed E-state index contributed by atoms with van der Waals surface area (Å²) < 4.78 is 2.01.